The van der Waals surface area contributed by atoms with Crippen LogP contribution in [0.2, 0.25) is 0 Å². The molecule has 6 aromatic carbocycles. The quantitative estimate of drug-likeness (QED) is 0.178. The molecule has 0 heterocycles. The predicted octanol–water partition coefficient (Wildman–Crippen LogP) is 13.7. The summed E-state index contributed by atoms with van der Waals surface area (Å²) in [5.74, 6) is 3.53. The van der Waals surface area contributed by atoms with Crippen molar-refractivity contribution in [1.82, 2.24) is 0 Å². The molecule has 0 saturated heterocycles. The van der Waals surface area contributed by atoms with Crippen molar-refractivity contribution in [3.05, 3.63) is 150 Å². The minimum atomic E-state index is 0.177. The van der Waals surface area contributed by atoms with Crippen LogP contribution in [-0.4, -0.2) is 0 Å². The fourth-order valence-electron chi connectivity index (χ4n) is 13.9. The Labute approximate surface area is 315 Å². The van der Waals surface area contributed by atoms with Crippen LogP contribution in [0.4, 0.5) is 17.1 Å². The molecule has 0 aromatic heterocycles. The first-order chi connectivity index (χ1) is 25.7. The minimum Gasteiger partial charge on any atom is -0.309 e. The highest BCUT2D eigenvalue weighted by Crippen LogP contribution is 2.89. The third kappa shape index (κ3) is 3.70. The van der Waals surface area contributed by atoms with Gasteiger partial charge in [0.2, 0.25) is 0 Å². The standard InChI is InChI=1S/C52H49N/c1-49(2)25-26-50(3,4)43-29-35(21-24-41(43)49)33-19-22-37(23-20-33)53(44-17-9-12-34-11-5-6-13-38(34)44)45-18-10-16-42-48(45)39-14-7-8-15-40(39)52(42)46-28-32-27-36-30-47(52)51(36,46)31-32/h5-24,29,32,36,46-47H,25-28,30-31H2,1-4H3. The number of nitrogens with zero attached hydrogens (tertiary/aromatic N) is 1. The molecule has 0 aliphatic heterocycles. The van der Waals surface area contributed by atoms with Crippen LogP contribution in [0.15, 0.2) is 127 Å². The molecule has 0 N–H and O–H groups in total. The molecule has 4 saturated carbocycles. The Kier molecular flexibility index (Phi) is 5.88. The van der Waals surface area contributed by atoms with E-state index in [0.717, 1.165) is 23.7 Å². The van der Waals surface area contributed by atoms with Crippen LogP contribution in [-0.2, 0) is 16.2 Å². The van der Waals surface area contributed by atoms with E-state index in [1.54, 1.807) is 11.1 Å². The zero-order valence-electron chi connectivity index (χ0n) is 31.6. The summed E-state index contributed by atoms with van der Waals surface area (Å²) < 4.78 is 0. The Morgan fingerprint density at radius 3 is 2.08 bits per heavy atom. The van der Waals surface area contributed by atoms with Crippen molar-refractivity contribution in [3.8, 4) is 22.3 Å². The Balaban J connectivity index is 1.04. The summed E-state index contributed by atoms with van der Waals surface area (Å²) in [7, 11) is 0. The second-order valence-electron chi connectivity index (χ2n) is 19.2. The van der Waals surface area contributed by atoms with E-state index >= 15 is 0 Å². The van der Waals surface area contributed by atoms with E-state index in [1.165, 1.54) is 99.7 Å². The summed E-state index contributed by atoms with van der Waals surface area (Å²) >= 11 is 0. The number of rotatable bonds is 4. The molecule has 0 amide bonds. The van der Waals surface area contributed by atoms with Crippen LogP contribution in [0.5, 0.6) is 0 Å². The lowest BCUT2D eigenvalue weighted by Crippen LogP contribution is -2.73. The lowest BCUT2D eigenvalue weighted by Gasteiger charge is -2.76. The smallest absolute Gasteiger partial charge is 0.0543 e. The van der Waals surface area contributed by atoms with E-state index in [2.05, 4.69) is 160 Å². The van der Waals surface area contributed by atoms with Crippen molar-refractivity contribution in [2.24, 2.45) is 29.1 Å². The molecular weight excluding hydrogens is 639 g/mol. The van der Waals surface area contributed by atoms with Crippen molar-refractivity contribution in [3.63, 3.8) is 0 Å². The molecule has 12 rings (SSSR count). The number of benzene rings is 6. The van der Waals surface area contributed by atoms with Gasteiger partial charge in [-0.25, -0.2) is 0 Å². The van der Waals surface area contributed by atoms with E-state index < -0.39 is 0 Å². The van der Waals surface area contributed by atoms with Crippen LogP contribution in [0.1, 0.15) is 88.5 Å². The number of hydrogen-bond acceptors (Lipinski definition) is 1. The van der Waals surface area contributed by atoms with Gasteiger partial charge in [-0.3, -0.25) is 0 Å². The number of fused-ring (bicyclic) bond motifs is 10. The SMILES string of the molecule is CC1(C)CCC(C)(C)c2cc(-c3ccc(N(c4cccc5c4-c4ccccc4C54C5CC6CC7CC4C75C6)c4cccc5ccccc45)cc3)ccc21. The summed E-state index contributed by atoms with van der Waals surface area (Å²) in [6.45, 7) is 9.70. The molecule has 2 bridgehead atoms. The molecule has 53 heavy (non-hydrogen) atoms. The van der Waals surface area contributed by atoms with Crippen LogP contribution in [0, 0.1) is 29.1 Å². The maximum atomic E-state index is 2.60. The average Bonchev–Trinajstić information content (AvgIpc) is 3.81. The van der Waals surface area contributed by atoms with Gasteiger partial charge in [0.25, 0.3) is 0 Å². The summed E-state index contributed by atoms with van der Waals surface area (Å²) in [6.07, 6.45) is 8.32. The fourth-order valence-corrected chi connectivity index (χ4v) is 13.9. The van der Waals surface area contributed by atoms with Gasteiger partial charge in [0.05, 0.1) is 11.4 Å². The Morgan fingerprint density at radius 2 is 1.23 bits per heavy atom. The van der Waals surface area contributed by atoms with Gasteiger partial charge in [0.1, 0.15) is 0 Å². The maximum absolute atomic E-state index is 2.60. The van der Waals surface area contributed by atoms with Crippen molar-refractivity contribution >= 4 is 27.8 Å². The molecule has 1 heteroatoms. The van der Waals surface area contributed by atoms with Gasteiger partial charge >= 0.3 is 0 Å². The summed E-state index contributed by atoms with van der Waals surface area (Å²) in [5.41, 5.74) is 16.8. The normalized spacial score (nSPS) is 29.9. The second-order valence-corrected chi connectivity index (χ2v) is 19.2. The molecule has 6 aliphatic carbocycles. The molecule has 1 nitrogen and oxygen atoms in total. The molecule has 6 aromatic rings. The summed E-state index contributed by atoms with van der Waals surface area (Å²) in [5, 5.41) is 2.56. The molecular formula is C52H49N. The number of anilines is 3. The van der Waals surface area contributed by atoms with Gasteiger partial charge in [-0.15, -0.1) is 0 Å². The third-order valence-corrected chi connectivity index (χ3v) is 16.2. The molecule has 4 fully saturated rings. The zero-order chi connectivity index (χ0) is 35.5. The fraction of sp³-hybridized carbons (Fsp3) is 0.346. The van der Waals surface area contributed by atoms with E-state index in [0.29, 0.717) is 5.41 Å². The molecule has 0 radical (unpaired) electrons. The van der Waals surface area contributed by atoms with Crippen molar-refractivity contribution in [1.29, 1.82) is 0 Å². The highest BCUT2D eigenvalue weighted by atomic mass is 15.1. The third-order valence-electron chi connectivity index (χ3n) is 16.2. The topological polar surface area (TPSA) is 3.24 Å². The van der Waals surface area contributed by atoms with E-state index in [-0.39, 0.29) is 16.2 Å². The van der Waals surface area contributed by atoms with Gasteiger partial charge in [-0.1, -0.05) is 131 Å². The first-order valence-corrected chi connectivity index (χ1v) is 20.5. The highest BCUT2D eigenvalue weighted by molar-refractivity contribution is 6.03. The first kappa shape index (κ1) is 30.8. The second kappa shape index (κ2) is 10.1. The number of hydrogen-bond donors (Lipinski definition) is 0. The van der Waals surface area contributed by atoms with Crippen molar-refractivity contribution in [2.45, 2.75) is 82.5 Å². The van der Waals surface area contributed by atoms with Gasteiger partial charge in [0, 0.05) is 22.1 Å². The van der Waals surface area contributed by atoms with E-state index in [4.69, 9.17) is 0 Å². The van der Waals surface area contributed by atoms with E-state index in [9.17, 15) is 0 Å². The lowest BCUT2D eigenvalue weighted by molar-refractivity contribution is -0.231. The molecule has 6 atom stereocenters. The van der Waals surface area contributed by atoms with Crippen molar-refractivity contribution < 1.29 is 0 Å². The van der Waals surface area contributed by atoms with Crippen LogP contribution < -0.4 is 4.90 Å². The Bertz CT molecular complexity index is 2510. The molecule has 2 spiro atoms. The summed E-state index contributed by atoms with van der Waals surface area (Å²) in [6, 6.07) is 49.5. The Hall–Kier alpha value is -4.62. The minimum absolute atomic E-state index is 0.177. The maximum Gasteiger partial charge on any atom is 0.0543 e. The van der Waals surface area contributed by atoms with Crippen LogP contribution in [0.3, 0.4) is 0 Å². The first-order valence-electron chi connectivity index (χ1n) is 20.5. The van der Waals surface area contributed by atoms with Gasteiger partial charge in [0.15, 0.2) is 0 Å². The Morgan fingerprint density at radius 1 is 0.547 bits per heavy atom. The van der Waals surface area contributed by atoms with Crippen LogP contribution >= 0.6 is 0 Å². The molecule has 6 unspecified atom stereocenters. The largest absolute Gasteiger partial charge is 0.309 e. The predicted molar refractivity (Wildman–Crippen MR) is 220 cm³/mol. The summed E-state index contributed by atoms with van der Waals surface area (Å²) in [4.78, 5) is 2.60. The average molecular weight is 688 g/mol. The zero-order valence-corrected chi connectivity index (χ0v) is 31.6. The highest BCUT2D eigenvalue weighted by Gasteiger charge is 2.84. The molecule has 262 valence electrons. The monoisotopic (exact) mass is 687 g/mol. The van der Waals surface area contributed by atoms with Gasteiger partial charge in [-0.2, -0.15) is 0 Å². The molecule has 6 aliphatic rings. The van der Waals surface area contributed by atoms with E-state index in [1.807, 2.05) is 0 Å². The van der Waals surface area contributed by atoms with Crippen molar-refractivity contribution in [2.75, 3.05) is 4.90 Å². The van der Waals surface area contributed by atoms with Gasteiger partial charge < -0.3 is 4.90 Å². The lowest BCUT2D eigenvalue weighted by atomic mass is 9.27. The van der Waals surface area contributed by atoms with Gasteiger partial charge in [-0.05, 0) is 147 Å². The van der Waals surface area contributed by atoms with Crippen LogP contribution in [0.25, 0.3) is 33.0 Å².